The van der Waals surface area contributed by atoms with Gasteiger partial charge in [0.1, 0.15) is 5.82 Å². The first kappa shape index (κ1) is 17.1. The highest BCUT2D eigenvalue weighted by Crippen LogP contribution is 2.27. The second-order valence-electron chi connectivity index (χ2n) is 6.20. The number of likely N-dealkylation sites (N-methyl/N-ethyl adjacent to an activating group) is 1. The van der Waals surface area contributed by atoms with Crippen molar-refractivity contribution in [1.82, 2.24) is 5.32 Å². The van der Waals surface area contributed by atoms with Crippen molar-refractivity contribution in [1.29, 1.82) is 0 Å². The normalized spacial score (nSPS) is 15.1. The SMILES string of the molecule is CCNC(Cc1ccccc1F)C(OCC)C(C)(C)C. The van der Waals surface area contributed by atoms with E-state index in [-0.39, 0.29) is 23.4 Å². The highest BCUT2D eigenvalue weighted by Gasteiger charge is 2.32. The predicted octanol–water partition coefficient (Wildman–Crippen LogP) is 3.80. The van der Waals surface area contributed by atoms with E-state index in [1.54, 1.807) is 6.07 Å². The van der Waals surface area contributed by atoms with Crippen LogP contribution in [0.1, 0.15) is 40.2 Å². The van der Waals surface area contributed by atoms with E-state index in [4.69, 9.17) is 4.74 Å². The minimum absolute atomic E-state index is 0.00804. The molecule has 2 atom stereocenters. The van der Waals surface area contributed by atoms with Gasteiger partial charge >= 0.3 is 0 Å². The average molecular weight is 281 g/mol. The molecule has 0 heterocycles. The second kappa shape index (κ2) is 7.75. The molecule has 0 saturated heterocycles. The van der Waals surface area contributed by atoms with Crippen molar-refractivity contribution in [2.45, 2.75) is 53.2 Å². The molecule has 1 aromatic carbocycles. The lowest BCUT2D eigenvalue weighted by Crippen LogP contribution is -2.49. The van der Waals surface area contributed by atoms with Gasteiger partial charge in [0.25, 0.3) is 0 Å². The molecule has 0 aliphatic carbocycles. The zero-order chi connectivity index (χ0) is 15.2. The zero-order valence-corrected chi connectivity index (χ0v) is 13.4. The van der Waals surface area contributed by atoms with Gasteiger partial charge in [-0.3, -0.25) is 0 Å². The first-order chi connectivity index (χ1) is 9.40. The summed E-state index contributed by atoms with van der Waals surface area (Å²) >= 11 is 0. The summed E-state index contributed by atoms with van der Waals surface area (Å²) in [6.45, 7) is 12.1. The van der Waals surface area contributed by atoms with Gasteiger partial charge in [-0.15, -0.1) is 0 Å². The van der Waals surface area contributed by atoms with Gasteiger partial charge in [-0.05, 0) is 36.9 Å². The molecule has 3 heteroatoms. The monoisotopic (exact) mass is 281 g/mol. The standard InChI is InChI=1S/C17H28FNO/c1-6-19-15(16(20-7-2)17(3,4)5)12-13-10-8-9-11-14(13)18/h8-11,15-16,19H,6-7,12H2,1-5H3. The minimum Gasteiger partial charge on any atom is -0.376 e. The molecule has 20 heavy (non-hydrogen) atoms. The number of benzene rings is 1. The predicted molar refractivity (Wildman–Crippen MR) is 82.4 cm³/mol. The van der Waals surface area contributed by atoms with Crippen LogP contribution in [-0.2, 0) is 11.2 Å². The molecule has 0 saturated carbocycles. The van der Waals surface area contributed by atoms with Gasteiger partial charge in [0.15, 0.2) is 0 Å². The van der Waals surface area contributed by atoms with E-state index in [1.807, 2.05) is 19.1 Å². The van der Waals surface area contributed by atoms with Gasteiger partial charge < -0.3 is 10.1 Å². The van der Waals surface area contributed by atoms with Gasteiger partial charge in [0, 0.05) is 12.6 Å². The van der Waals surface area contributed by atoms with Crippen molar-refractivity contribution in [3.63, 3.8) is 0 Å². The molecular formula is C17H28FNO. The van der Waals surface area contributed by atoms with Crippen LogP contribution in [0.3, 0.4) is 0 Å². The summed E-state index contributed by atoms with van der Waals surface area (Å²) in [4.78, 5) is 0. The van der Waals surface area contributed by atoms with Crippen LogP contribution in [0.5, 0.6) is 0 Å². The minimum atomic E-state index is -0.139. The number of hydrogen-bond donors (Lipinski definition) is 1. The highest BCUT2D eigenvalue weighted by molar-refractivity contribution is 5.19. The van der Waals surface area contributed by atoms with Crippen LogP contribution in [0.15, 0.2) is 24.3 Å². The van der Waals surface area contributed by atoms with Crippen molar-refractivity contribution >= 4 is 0 Å². The molecule has 0 aliphatic rings. The second-order valence-corrected chi connectivity index (χ2v) is 6.20. The fraction of sp³-hybridized carbons (Fsp3) is 0.647. The summed E-state index contributed by atoms with van der Waals surface area (Å²) in [5.74, 6) is -0.139. The van der Waals surface area contributed by atoms with E-state index < -0.39 is 0 Å². The van der Waals surface area contributed by atoms with Gasteiger partial charge in [-0.1, -0.05) is 45.9 Å². The van der Waals surface area contributed by atoms with Crippen LogP contribution in [0.25, 0.3) is 0 Å². The maximum atomic E-state index is 13.9. The summed E-state index contributed by atoms with van der Waals surface area (Å²) in [5, 5.41) is 3.46. The molecule has 0 aliphatic heterocycles. The van der Waals surface area contributed by atoms with E-state index in [2.05, 4.69) is 33.0 Å². The molecule has 1 rings (SSSR count). The Bertz CT molecular complexity index is 400. The van der Waals surface area contributed by atoms with Crippen molar-refractivity contribution in [2.75, 3.05) is 13.2 Å². The van der Waals surface area contributed by atoms with Gasteiger partial charge in [-0.2, -0.15) is 0 Å². The molecule has 0 spiro atoms. The Kier molecular flexibility index (Phi) is 6.63. The third-order valence-corrected chi connectivity index (χ3v) is 3.43. The van der Waals surface area contributed by atoms with E-state index in [0.717, 1.165) is 12.1 Å². The van der Waals surface area contributed by atoms with Crippen LogP contribution in [-0.4, -0.2) is 25.3 Å². The lowest BCUT2D eigenvalue weighted by molar-refractivity contribution is -0.0353. The van der Waals surface area contributed by atoms with Gasteiger partial charge in [0.05, 0.1) is 6.10 Å². The maximum absolute atomic E-state index is 13.9. The average Bonchev–Trinajstić information content (AvgIpc) is 2.37. The Morgan fingerprint density at radius 1 is 1.20 bits per heavy atom. The largest absolute Gasteiger partial charge is 0.376 e. The van der Waals surface area contributed by atoms with Crippen LogP contribution in [0, 0.1) is 11.2 Å². The van der Waals surface area contributed by atoms with Crippen LogP contribution >= 0.6 is 0 Å². The lowest BCUT2D eigenvalue weighted by Gasteiger charge is -2.37. The molecule has 2 unspecified atom stereocenters. The summed E-state index contributed by atoms with van der Waals surface area (Å²) in [7, 11) is 0. The number of hydrogen-bond acceptors (Lipinski definition) is 2. The molecule has 2 nitrogen and oxygen atoms in total. The molecule has 1 N–H and O–H groups in total. The van der Waals surface area contributed by atoms with E-state index >= 15 is 0 Å². The van der Waals surface area contributed by atoms with E-state index in [0.29, 0.717) is 13.0 Å². The van der Waals surface area contributed by atoms with Gasteiger partial charge in [-0.25, -0.2) is 4.39 Å². The Morgan fingerprint density at radius 3 is 2.35 bits per heavy atom. The van der Waals surface area contributed by atoms with Gasteiger partial charge in [0.2, 0.25) is 0 Å². The van der Waals surface area contributed by atoms with Crippen molar-refractivity contribution < 1.29 is 9.13 Å². The molecule has 0 fully saturated rings. The van der Waals surface area contributed by atoms with Crippen molar-refractivity contribution in [2.24, 2.45) is 5.41 Å². The Labute approximate surface area is 122 Å². The third-order valence-electron chi connectivity index (χ3n) is 3.43. The van der Waals surface area contributed by atoms with E-state index in [9.17, 15) is 4.39 Å². The summed E-state index contributed by atoms with van der Waals surface area (Å²) in [6, 6.07) is 7.09. The first-order valence-electron chi connectivity index (χ1n) is 7.48. The highest BCUT2D eigenvalue weighted by atomic mass is 19.1. The van der Waals surface area contributed by atoms with Crippen LogP contribution in [0.2, 0.25) is 0 Å². The molecule has 1 aromatic rings. The van der Waals surface area contributed by atoms with Crippen molar-refractivity contribution in [3.05, 3.63) is 35.6 Å². The Morgan fingerprint density at radius 2 is 1.85 bits per heavy atom. The Hall–Kier alpha value is -0.930. The summed E-state index contributed by atoms with van der Waals surface area (Å²) in [5.41, 5.74) is 0.751. The number of nitrogens with one attached hydrogen (secondary N) is 1. The van der Waals surface area contributed by atoms with E-state index in [1.165, 1.54) is 6.07 Å². The number of ether oxygens (including phenoxy) is 1. The maximum Gasteiger partial charge on any atom is 0.126 e. The molecule has 114 valence electrons. The zero-order valence-electron chi connectivity index (χ0n) is 13.4. The molecule has 0 bridgehead atoms. The summed E-state index contributed by atoms with van der Waals surface area (Å²) in [6.07, 6.45) is 0.690. The lowest BCUT2D eigenvalue weighted by atomic mass is 9.82. The first-order valence-corrected chi connectivity index (χ1v) is 7.48. The fourth-order valence-corrected chi connectivity index (χ4v) is 2.60. The quantitative estimate of drug-likeness (QED) is 0.821. The molecule has 0 radical (unpaired) electrons. The van der Waals surface area contributed by atoms with Crippen LogP contribution in [0.4, 0.5) is 4.39 Å². The van der Waals surface area contributed by atoms with Crippen LogP contribution < -0.4 is 5.32 Å². The number of rotatable bonds is 7. The Balaban J connectivity index is 2.94. The smallest absolute Gasteiger partial charge is 0.126 e. The number of halogens is 1. The molecular weight excluding hydrogens is 253 g/mol. The summed E-state index contributed by atoms with van der Waals surface area (Å²) < 4.78 is 19.8. The third kappa shape index (κ3) is 4.88. The molecule has 0 amide bonds. The van der Waals surface area contributed by atoms with Crippen molar-refractivity contribution in [3.8, 4) is 0 Å². The fourth-order valence-electron chi connectivity index (χ4n) is 2.60. The molecule has 0 aromatic heterocycles. The topological polar surface area (TPSA) is 21.3 Å².